The van der Waals surface area contributed by atoms with Crippen LogP contribution in [-0.2, 0) is 0 Å². The fourth-order valence-corrected chi connectivity index (χ4v) is 3.54. The minimum absolute atomic E-state index is 0.0780. The summed E-state index contributed by atoms with van der Waals surface area (Å²) in [5.74, 6) is 0.829. The Morgan fingerprint density at radius 1 is 1.16 bits per heavy atom. The molecule has 4 heterocycles. The molecule has 1 fully saturated rings. The van der Waals surface area contributed by atoms with Crippen LogP contribution in [0, 0.1) is 19.8 Å². The molecule has 3 aromatic heterocycles. The lowest BCUT2D eigenvalue weighted by molar-refractivity contribution is -0.133. The van der Waals surface area contributed by atoms with Gasteiger partial charge in [-0.1, -0.05) is 0 Å². The number of anilines is 2. The predicted molar refractivity (Wildman–Crippen MR) is 112 cm³/mol. The van der Waals surface area contributed by atoms with Gasteiger partial charge in [-0.05, 0) is 13.8 Å². The first-order chi connectivity index (χ1) is 15.2. The van der Waals surface area contributed by atoms with Gasteiger partial charge in [-0.15, -0.1) is 0 Å². The van der Waals surface area contributed by atoms with Crippen molar-refractivity contribution in [3.63, 3.8) is 0 Å². The Balaban J connectivity index is 1.28. The first kappa shape index (κ1) is 21.9. The van der Waals surface area contributed by atoms with Crippen LogP contribution in [0.4, 0.5) is 24.8 Å². The summed E-state index contributed by atoms with van der Waals surface area (Å²) in [5.41, 5.74) is 2.43. The maximum absolute atomic E-state index is 12.5. The van der Waals surface area contributed by atoms with E-state index in [9.17, 15) is 18.0 Å². The smallest absolute Gasteiger partial charge is 0.355 e. The molecule has 1 aliphatic rings. The molecule has 0 unspecified atom stereocenters. The van der Waals surface area contributed by atoms with Gasteiger partial charge in [0, 0.05) is 38.3 Å². The number of carbonyl (C=O) groups excluding carboxylic acids is 1. The molecule has 0 aromatic carbocycles. The van der Waals surface area contributed by atoms with Crippen molar-refractivity contribution in [1.82, 2.24) is 29.7 Å². The van der Waals surface area contributed by atoms with Crippen molar-refractivity contribution in [2.75, 3.05) is 36.4 Å². The average molecular weight is 448 g/mol. The van der Waals surface area contributed by atoms with Crippen LogP contribution in [-0.4, -0.2) is 62.6 Å². The van der Waals surface area contributed by atoms with Gasteiger partial charge in [0.15, 0.2) is 5.65 Å². The summed E-state index contributed by atoms with van der Waals surface area (Å²) in [7, 11) is 0. The molecule has 0 radical (unpaired) electrons. The molecule has 12 heteroatoms. The van der Waals surface area contributed by atoms with Crippen molar-refractivity contribution in [2.24, 2.45) is 5.92 Å². The molecule has 2 N–H and O–H groups in total. The molecule has 32 heavy (non-hydrogen) atoms. The molecule has 3 aromatic rings. The van der Waals surface area contributed by atoms with Crippen LogP contribution in [0.25, 0.3) is 5.65 Å². The number of alkyl halides is 3. The van der Waals surface area contributed by atoms with Gasteiger partial charge in [0.25, 0.3) is 5.91 Å². The number of carbonyl (C=O) groups is 1. The Labute approximate surface area is 182 Å². The molecule has 1 saturated heterocycles. The third-order valence-corrected chi connectivity index (χ3v) is 5.14. The molecule has 170 valence electrons. The van der Waals surface area contributed by atoms with E-state index in [1.165, 1.54) is 12.4 Å². The minimum Gasteiger partial charge on any atom is -0.355 e. The van der Waals surface area contributed by atoms with E-state index in [-0.39, 0.29) is 18.2 Å². The van der Waals surface area contributed by atoms with E-state index in [1.54, 1.807) is 10.6 Å². The van der Waals surface area contributed by atoms with E-state index in [4.69, 9.17) is 0 Å². The van der Waals surface area contributed by atoms with Gasteiger partial charge < -0.3 is 19.9 Å². The van der Waals surface area contributed by atoms with Crippen LogP contribution < -0.4 is 15.5 Å². The van der Waals surface area contributed by atoms with Crippen molar-refractivity contribution in [1.29, 1.82) is 0 Å². The summed E-state index contributed by atoms with van der Waals surface area (Å²) < 4.78 is 38.3. The molecule has 0 bridgehead atoms. The molecule has 0 saturated carbocycles. The highest BCUT2D eigenvalue weighted by molar-refractivity contribution is 6.02. The molecule has 0 aliphatic carbocycles. The van der Waals surface area contributed by atoms with E-state index < -0.39 is 18.5 Å². The van der Waals surface area contributed by atoms with E-state index in [2.05, 4.69) is 30.6 Å². The number of nitrogens with zero attached hydrogens (tertiary/aromatic N) is 6. The number of rotatable bonds is 7. The van der Waals surface area contributed by atoms with Gasteiger partial charge in [0.05, 0.1) is 36.4 Å². The van der Waals surface area contributed by atoms with Gasteiger partial charge in [0.2, 0.25) is 0 Å². The summed E-state index contributed by atoms with van der Waals surface area (Å²) in [6, 6.07) is 0. The summed E-state index contributed by atoms with van der Waals surface area (Å²) in [5, 5.41) is 5.55. The normalized spacial score (nSPS) is 14.6. The lowest BCUT2D eigenvalue weighted by Crippen LogP contribution is -2.51. The molecule has 9 nitrogen and oxygen atoms in total. The van der Waals surface area contributed by atoms with E-state index >= 15 is 0 Å². The van der Waals surface area contributed by atoms with Crippen LogP contribution in [0.15, 0.2) is 24.8 Å². The second-order valence-corrected chi connectivity index (χ2v) is 7.88. The van der Waals surface area contributed by atoms with Crippen LogP contribution in [0.2, 0.25) is 0 Å². The highest BCUT2D eigenvalue weighted by atomic mass is 19.4. The summed E-state index contributed by atoms with van der Waals surface area (Å²) in [6.07, 6.45) is 1.48. The quantitative estimate of drug-likeness (QED) is 0.535. The third kappa shape index (κ3) is 5.13. The Bertz CT molecular complexity index is 1110. The van der Waals surface area contributed by atoms with E-state index in [0.717, 1.165) is 11.3 Å². The number of amides is 1. The molecular formula is C20H23F3N8O. The number of aryl methyl sites for hydroxylation is 2. The number of imidazole rings is 1. The van der Waals surface area contributed by atoms with Gasteiger partial charge >= 0.3 is 6.18 Å². The zero-order valence-electron chi connectivity index (χ0n) is 17.6. The van der Waals surface area contributed by atoms with E-state index in [1.807, 2.05) is 24.9 Å². The van der Waals surface area contributed by atoms with Gasteiger partial charge in [-0.25, -0.2) is 19.9 Å². The van der Waals surface area contributed by atoms with Crippen LogP contribution in [0.1, 0.15) is 28.3 Å². The van der Waals surface area contributed by atoms with Crippen molar-refractivity contribution in [2.45, 2.75) is 26.4 Å². The molecule has 4 rings (SSSR count). The summed E-state index contributed by atoms with van der Waals surface area (Å²) in [4.78, 5) is 31.7. The molecule has 1 amide bonds. The number of hydrogen-bond donors (Lipinski definition) is 2. The monoisotopic (exact) mass is 448 g/mol. The largest absolute Gasteiger partial charge is 0.390 e. The van der Waals surface area contributed by atoms with Crippen LogP contribution in [0.5, 0.6) is 0 Å². The molecule has 0 spiro atoms. The van der Waals surface area contributed by atoms with Crippen molar-refractivity contribution < 1.29 is 18.0 Å². The number of aromatic nitrogens is 5. The first-order valence-electron chi connectivity index (χ1n) is 10.2. The number of nitrogens with one attached hydrogen (secondary N) is 2. The zero-order valence-corrected chi connectivity index (χ0v) is 17.6. The highest BCUT2D eigenvalue weighted by Gasteiger charge is 2.29. The highest BCUT2D eigenvalue weighted by Crippen LogP contribution is 2.22. The molecule has 0 atom stereocenters. The van der Waals surface area contributed by atoms with Crippen molar-refractivity contribution in [3.05, 3.63) is 41.9 Å². The van der Waals surface area contributed by atoms with E-state index in [0.29, 0.717) is 37.0 Å². The Hall–Kier alpha value is -3.28. The third-order valence-electron chi connectivity index (χ3n) is 5.14. The minimum atomic E-state index is -4.14. The fourth-order valence-electron chi connectivity index (χ4n) is 3.54. The van der Waals surface area contributed by atoms with Crippen molar-refractivity contribution in [3.8, 4) is 0 Å². The lowest BCUT2D eigenvalue weighted by Gasteiger charge is -2.40. The fraction of sp³-hybridized carbons (Fsp3) is 0.450. The molecular weight excluding hydrogens is 425 g/mol. The van der Waals surface area contributed by atoms with Crippen molar-refractivity contribution >= 4 is 23.2 Å². The lowest BCUT2D eigenvalue weighted by atomic mass is 10.0. The zero-order chi connectivity index (χ0) is 22.9. The number of fused-ring (bicyclic) bond motifs is 1. The topological polar surface area (TPSA) is 100 Å². The summed E-state index contributed by atoms with van der Waals surface area (Å²) in [6.45, 7) is 5.49. The summed E-state index contributed by atoms with van der Waals surface area (Å²) >= 11 is 0. The Morgan fingerprint density at radius 2 is 1.94 bits per heavy atom. The van der Waals surface area contributed by atoms with Crippen LogP contribution in [0.3, 0.4) is 0 Å². The number of halogens is 3. The van der Waals surface area contributed by atoms with Crippen LogP contribution >= 0.6 is 0 Å². The first-order valence-corrected chi connectivity index (χ1v) is 10.2. The second-order valence-electron chi connectivity index (χ2n) is 7.88. The Morgan fingerprint density at radius 3 is 2.62 bits per heavy atom. The maximum Gasteiger partial charge on any atom is 0.390 e. The SMILES string of the molecule is Cc1cn2cc(NC(=O)c3cnc(N4CC(CNCCC(F)(F)F)C4)cn3)nc(C)c2n1. The Kier molecular flexibility index (Phi) is 5.96. The molecule has 1 aliphatic heterocycles. The van der Waals surface area contributed by atoms with Gasteiger partial charge in [-0.3, -0.25) is 4.79 Å². The van der Waals surface area contributed by atoms with Gasteiger partial charge in [0.1, 0.15) is 17.3 Å². The predicted octanol–water partition coefficient (Wildman–Crippen LogP) is 2.37. The standard InChI is InChI=1S/C20H23F3N8O/c1-12-8-31-11-16(28-13(2)18(31)27-12)29-19(32)15-6-26-17(7-25-15)30-9-14(10-30)5-24-4-3-20(21,22)23/h6-8,11,14,24H,3-5,9-10H2,1-2H3,(H,29,32). The maximum atomic E-state index is 12.5. The van der Waals surface area contributed by atoms with Gasteiger partial charge in [-0.2, -0.15) is 13.2 Å². The number of hydrogen-bond acceptors (Lipinski definition) is 7. The average Bonchev–Trinajstić information content (AvgIpc) is 3.06. The second kappa shape index (κ2) is 8.69.